The van der Waals surface area contributed by atoms with E-state index >= 15 is 0 Å². The van der Waals surface area contributed by atoms with Gasteiger partial charge >= 0.3 is 5.56 Å². The highest BCUT2D eigenvalue weighted by molar-refractivity contribution is 5.48. The van der Waals surface area contributed by atoms with Gasteiger partial charge in [-0.05, 0) is 18.6 Å². The van der Waals surface area contributed by atoms with Gasteiger partial charge in [0.05, 0.1) is 6.54 Å². The van der Waals surface area contributed by atoms with Gasteiger partial charge in [0.1, 0.15) is 11.5 Å². The highest BCUT2D eigenvalue weighted by atomic mass is 19.1. The third kappa shape index (κ3) is 3.01. The average molecular weight is 317 g/mol. The number of hydrogen-bond acceptors (Lipinski definition) is 4. The maximum atomic E-state index is 13.8. The first-order chi connectivity index (χ1) is 11.1. The van der Waals surface area contributed by atoms with E-state index in [-0.39, 0.29) is 18.2 Å². The lowest BCUT2D eigenvalue weighted by molar-refractivity contribution is 0.541. The van der Waals surface area contributed by atoms with Gasteiger partial charge in [0.25, 0.3) is 5.95 Å². The first-order valence-corrected chi connectivity index (χ1v) is 7.01. The van der Waals surface area contributed by atoms with E-state index in [9.17, 15) is 13.6 Å². The smallest absolute Gasteiger partial charge is 0.300 e. The molecule has 0 saturated heterocycles. The topological polar surface area (TPSA) is 76.5 Å². The molecule has 0 aliphatic rings. The van der Waals surface area contributed by atoms with Gasteiger partial charge in [-0.25, -0.2) is 4.39 Å². The molecule has 0 saturated carbocycles. The van der Waals surface area contributed by atoms with Crippen LogP contribution in [0.2, 0.25) is 0 Å². The van der Waals surface area contributed by atoms with Crippen molar-refractivity contribution < 1.29 is 8.78 Å². The molecule has 23 heavy (non-hydrogen) atoms. The maximum absolute atomic E-state index is 13.8. The Morgan fingerprint density at radius 2 is 2.00 bits per heavy atom. The Hall–Kier alpha value is -2.90. The van der Waals surface area contributed by atoms with Crippen molar-refractivity contribution in [3.63, 3.8) is 0 Å². The van der Waals surface area contributed by atoms with Crippen molar-refractivity contribution in [2.24, 2.45) is 0 Å². The summed E-state index contributed by atoms with van der Waals surface area (Å²) in [5, 5.41) is 11.1. The summed E-state index contributed by atoms with van der Waals surface area (Å²) in [5.41, 5.74) is 0.713. The Kier molecular flexibility index (Phi) is 3.96. The van der Waals surface area contributed by atoms with Crippen LogP contribution in [-0.4, -0.2) is 25.0 Å². The van der Waals surface area contributed by atoms with Crippen LogP contribution < -0.4 is 5.56 Å². The molecule has 0 fully saturated rings. The summed E-state index contributed by atoms with van der Waals surface area (Å²) < 4.78 is 28.3. The molecule has 0 bridgehead atoms. The molecule has 0 aliphatic heterocycles. The van der Waals surface area contributed by atoms with E-state index in [1.165, 1.54) is 6.07 Å². The van der Waals surface area contributed by atoms with Crippen LogP contribution >= 0.6 is 0 Å². The van der Waals surface area contributed by atoms with Gasteiger partial charge in [-0.3, -0.25) is 14.5 Å². The first kappa shape index (κ1) is 15.0. The second kappa shape index (κ2) is 6.07. The molecule has 3 rings (SSSR count). The quantitative estimate of drug-likeness (QED) is 0.797. The molecule has 1 N–H and O–H groups in total. The van der Waals surface area contributed by atoms with E-state index in [0.717, 1.165) is 5.69 Å². The zero-order valence-electron chi connectivity index (χ0n) is 12.3. The van der Waals surface area contributed by atoms with E-state index in [1.807, 2.05) is 6.92 Å². The minimum atomic E-state index is -1.20. The highest BCUT2D eigenvalue weighted by Gasteiger charge is 2.13. The molecule has 0 amide bonds. The molecule has 0 radical (unpaired) electrons. The van der Waals surface area contributed by atoms with Gasteiger partial charge < -0.3 is 0 Å². The van der Waals surface area contributed by atoms with Gasteiger partial charge in [0, 0.05) is 11.3 Å². The monoisotopic (exact) mass is 317 g/mol. The number of aryl methyl sites for hydroxylation is 1. The van der Waals surface area contributed by atoms with E-state index < -0.39 is 11.5 Å². The van der Waals surface area contributed by atoms with E-state index in [4.69, 9.17) is 0 Å². The predicted molar refractivity (Wildman–Crippen MR) is 78.7 cm³/mol. The van der Waals surface area contributed by atoms with Crippen molar-refractivity contribution >= 4 is 0 Å². The van der Waals surface area contributed by atoms with Crippen LogP contribution in [0.5, 0.6) is 0 Å². The number of rotatable bonds is 4. The fourth-order valence-electron chi connectivity index (χ4n) is 2.22. The molecular weight excluding hydrogens is 304 g/mol. The fourth-order valence-corrected chi connectivity index (χ4v) is 2.22. The Bertz CT molecular complexity index is 903. The van der Waals surface area contributed by atoms with Crippen molar-refractivity contribution in [1.29, 1.82) is 0 Å². The number of H-pyrrole nitrogens is 1. The highest BCUT2D eigenvalue weighted by Crippen LogP contribution is 2.16. The first-order valence-electron chi connectivity index (χ1n) is 7.01. The van der Waals surface area contributed by atoms with Gasteiger partial charge in [0.2, 0.25) is 0 Å². The van der Waals surface area contributed by atoms with Crippen LogP contribution in [0.1, 0.15) is 18.2 Å². The third-order valence-electron chi connectivity index (χ3n) is 3.40. The Balaban J connectivity index is 1.99. The van der Waals surface area contributed by atoms with Crippen LogP contribution in [0.15, 0.2) is 35.1 Å². The summed E-state index contributed by atoms with van der Waals surface area (Å²) in [4.78, 5) is 13.6. The number of hydrogen-bond donors (Lipinski definition) is 1. The number of halogens is 2. The van der Waals surface area contributed by atoms with Crippen LogP contribution in [0.3, 0.4) is 0 Å². The lowest BCUT2D eigenvalue weighted by Crippen LogP contribution is -2.16. The SMILES string of the molecule is CCc1cc(-c2nnc(F)c(=O)[nH]2)nn1Cc1ccccc1F. The Morgan fingerprint density at radius 3 is 2.70 bits per heavy atom. The van der Waals surface area contributed by atoms with E-state index in [2.05, 4.69) is 20.3 Å². The van der Waals surface area contributed by atoms with Crippen LogP contribution in [-0.2, 0) is 13.0 Å². The van der Waals surface area contributed by atoms with Crippen molar-refractivity contribution in [1.82, 2.24) is 25.0 Å². The molecule has 118 valence electrons. The van der Waals surface area contributed by atoms with Crippen molar-refractivity contribution in [2.45, 2.75) is 19.9 Å². The standard InChI is InChI=1S/C15H13F2N5O/c1-2-10-7-12(14-18-15(23)13(17)19-20-14)21-22(10)8-9-5-3-4-6-11(9)16/h3-7H,2,8H2,1H3,(H,18,20,23). The van der Waals surface area contributed by atoms with Crippen molar-refractivity contribution in [3.05, 3.63) is 63.7 Å². The summed E-state index contributed by atoms with van der Waals surface area (Å²) in [6.07, 6.45) is 0.653. The third-order valence-corrected chi connectivity index (χ3v) is 3.40. The zero-order chi connectivity index (χ0) is 16.4. The minimum absolute atomic E-state index is 0.0679. The number of nitrogens with zero attached hydrogens (tertiary/aromatic N) is 4. The summed E-state index contributed by atoms with van der Waals surface area (Å²) in [6.45, 7) is 2.17. The van der Waals surface area contributed by atoms with Crippen LogP contribution in [0, 0.1) is 11.8 Å². The fraction of sp³-hybridized carbons (Fsp3) is 0.200. The van der Waals surface area contributed by atoms with Crippen LogP contribution in [0.4, 0.5) is 8.78 Å². The predicted octanol–water partition coefficient (Wildman–Crippen LogP) is 1.92. The van der Waals surface area contributed by atoms with Crippen LogP contribution in [0.25, 0.3) is 11.5 Å². The van der Waals surface area contributed by atoms with E-state index in [1.54, 1.807) is 28.9 Å². The normalized spacial score (nSPS) is 10.9. The minimum Gasteiger partial charge on any atom is -0.300 e. The molecule has 2 heterocycles. The van der Waals surface area contributed by atoms with Crippen molar-refractivity contribution in [3.8, 4) is 11.5 Å². The average Bonchev–Trinajstić information content (AvgIpc) is 2.95. The van der Waals surface area contributed by atoms with Gasteiger partial charge in [-0.2, -0.15) is 9.49 Å². The number of nitrogens with one attached hydrogen (secondary N) is 1. The zero-order valence-corrected chi connectivity index (χ0v) is 12.3. The maximum Gasteiger partial charge on any atom is 0.306 e. The molecule has 8 heteroatoms. The van der Waals surface area contributed by atoms with Gasteiger partial charge in [0.15, 0.2) is 5.82 Å². The number of aromatic amines is 1. The Morgan fingerprint density at radius 1 is 1.22 bits per heavy atom. The largest absolute Gasteiger partial charge is 0.306 e. The Labute approximate surface area is 129 Å². The molecule has 1 aromatic carbocycles. The summed E-state index contributed by atoms with van der Waals surface area (Å²) >= 11 is 0. The molecule has 6 nitrogen and oxygen atoms in total. The molecule has 0 atom stereocenters. The van der Waals surface area contributed by atoms with E-state index in [0.29, 0.717) is 17.7 Å². The van der Waals surface area contributed by atoms with Gasteiger partial charge in [-0.1, -0.05) is 25.1 Å². The summed E-state index contributed by atoms with van der Waals surface area (Å²) in [5.74, 6) is -1.45. The second-order valence-electron chi connectivity index (χ2n) is 4.92. The molecule has 0 aliphatic carbocycles. The number of aromatic nitrogens is 5. The molecule has 3 aromatic rings. The second-order valence-corrected chi connectivity index (χ2v) is 4.92. The molecule has 0 unspecified atom stereocenters. The lowest BCUT2D eigenvalue weighted by atomic mass is 10.2. The summed E-state index contributed by atoms with van der Waals surface area (Å²) in [6, 6.07) is 8.13. The van der Waals surface area contributed by atoms with Gasteiger partial charge in [-0.15, -0.1) is 10.2 Å². The lowest BCUT2D eigenvalue weighted by Gasteiger charge is -2.06. The molecule has 2 aromatic heterocycles. The number of benzene rings is 1. The molecule has 0 spiro atoms. The molecular formula is C15H13F2N5O. The summed E-state index contributed by atoms with van der Waals surface area (Å²) in [7, 11) is 0. The van der Waals surface area contributed by atoms with Crippen molar-refractivity contribution in [2.75, 3.05) is 0 Å².